The van der Waals surface area contributed by atoms with Crippen LogP contribution in [0.3, 0.4) is 0 Å². The molecule has 0 aliphatic heterocycles. The second-order valence-electron chi connectivity index (χ2n) is 5.41. The van der Waals surface area contributed by atoms with Crippen LogP contribution in [-0.4, -0.2) is 88.4 Å². The lowest BCUT2D eigenvalue weighted by atomic mass is 10.1. The van der Waals surface area contributed by atoms with Crippen molar-refractivity contribution in [2.24, 2.45) is 5.73 Å². The van der Waals surface area contributed by atoms with Gasteiger partial charge in [-0.2, -0.15) is 11.8 Å². The Kier molecular flexibility index (Phi) is 11.6. The minimum absolute atomic E-state index is 0.265. The molecule has 0 aliphatic rings. The highest BCUT2D eigenvalue weighted by Gasteiger charge is 2.31. The van der Waals surface area contributed by atoms with Gasteiger partial charge >= 0.3 is 5.97 Å². The Morgan fingerprint density at radius 3 is 2.12 bits per heavy atom. The molecule has 0 aromatic heterocycles. The van der Waals surface area contributed by atoms with E-state index in [1.165, 1.54) is 18.7 Å². The van der Waals surface area contributed by atoms with Gasteiger partial charge in [0.15, 0.2) is 0 Å². The number of carboxylic acids is 1. The van der Waals surface area contributed by atoms with Crippen molar-refractivity contribution in [1.29, 1.82) is 0 Å². The minimum atomic E-state index is -1.58. The molecule has 0 bridgehead atoms. The first-order chi connectivity index (χ1) is 12.2. The van der Waals surface area contributed by atoms with Crippen molar-refractivity contribution >= 4 is 35.5 Å². The van der Waals surface area contributed by atoms with Gasteiger partial charge in [0.25, 0.3) is 0 Å². The van der Waals surface area contributed by atoms with Crippen LogP contribution in [0.2, 0.25) is 0 Å². The van der Waals surface area contributed by atoms with Crippen molar-refractivity contribution in [3.05, 3.63) is 0 Å². The standard InChI is InChI=1S/C14H26N4O7S/c1-7(20)11(13(23)17-9(6-19)14(24)25)18-12(22)8(3-4-26-2)16-10(21)5-15/h7-9,11,19-20H,3-6,15H2,1-2H3,(H,16,21)(H,17,23)(H,18,22)(H,24,25). The third-order valence-corrected chi connectivity index (χ3v) is 3.95. The van der Waals surface area contributed by atoms with Gasteiger partial charge in [0, 0.05) is 0 Å². The average Bonchev–Trinajstić information content (AvgIpc) is 2.59. The van der Waals surface area contributed by atoms with E-state index in [0.717, 1.165) is 0 Å². The maximum atomic E-state index is 12.4. The number of aliphatic hydroxyl groups excluding tert-OH is 2. The second-order valence-corrected chi connectivity index (χ2v) is 6.40. The lowest BCUT2D eigenvalue weighted by molar-refractivity contribution is -0.144. The van der Waals surface area contributed by atoms with Crippen molar-refractivity contribution in [1.82, 2.24) is 16.0 Å². The summed E-state index contributed by atoms with van der Waals surface area (Å²) in [6.45, 7) is 0.0548. The van der Waals surface area contributed by atoms with Crippen molar-refractivity contribution in [3.63, 3.8) is 0 Å². The second kappa shape index (κ2) is 12.5. The predicted molar refractivity (Wildman–Crippen MR) is 94.2 cm³/mol. The molecule has 0 aliphatic carbocycles. The molecule has 0 radical (unpaired) electrons. The van der Waals surface area contributed by atoms with Crippen LogP contribution in [0.15, 0.2) is 0 Å². The number of thioether (sulfide) groups is 1. The van der Waals surface area contributed by atoms with Gasteiger partial charge in [-0.25, -0.2) is 4.79 Å². The molecular weight excluding hydrogens is 368 g/mol. The summed E-state index contributed by atoms with van der Waals surface area (Å²) in [4.78, 5) is 46.8. The zero-order valence-corrected chi connectivity index (χ0v) is 15.4. The SMILES string of the molecule is CSCCC(NC(=O)CN)C(=O)NC(C(=O)NC(CO)C(=O)O)C(C)O. The molecule has 0 aromatic carbocycles. The molecule has 4 unspecified atom stereocenters. The van der Waals surface area contributed by atoms with Crippen LogP contribution < -0.4 is 21.7 Å². The predicted octanol–water partition coefficient (Wildman–Crippen LogP) is -3.39. The van der Waals surface area contributed by atoms with Crippen LogP contribution in [0.1, 0.15) is 13.3 Å². The minimum Gasteiger partial charge on any atom is -0.480 e. The zero-order chi connectivity index (χ0) is 20.3. The maximum absolute atomic E-state index is 12.4. The highest BCUT2D eigenvalue weighted by Crippen LogP contribution is 2.03. The number of hydrogen-bond donors (Lipinski definition) is 7. The van der Waals surface area contributed by atoms with Crippen LogP contribution in [-0.2, 0) is 19.2 Å². The van der Waals surface area contributed by atoms with Gasteiger partial charge in [-0.05, 0) is 25.4 Å². The van der Waals surface area contributed by atoms with E-state index in [9.17, 15) is 24.3 Å². The topological polar surface area (TPSA) is 191 Å². The molecule has 0 rings (SSSR count). The Morgan fingerprint density at radius 2 is 1.69 bits per heavy atom. The molecule has 4 atom stereocenters. The summed E-state index contributed by atoms with van der Waals surface area (Å²) >= 11 is 1.44. The fourth-order valence-electron chi connectivity index (χ4n) is 1.86. The van der Waals surface area contributed by atoms with E-state index < -0.39 is 54.5 Å². The number of carbonyl (C=O) groups excluding carboxylic acids is 3. The van der Waals surface area contributed by atoms with Crippen LogP contribution >= 0.6 is 11.8 Å². The number of carbonyl (C=O) groups is 4. The lowest BCUT2D eigenvalue weighted by Crippen LogP contribution is -2.59. The first-order valence-corrected chi connectivity index (χ1v) is 9.18. The molecule has 26 heavy (non-hydrogen) atoms. The van der Waals surface area contributed by atoms with Gasteiger partial charge in [0.05, 0.1) is 19.3 Å². The fraction of sp³-hybridized carbons (Fsp3) is 0.714. The Labute approximate surface area is 155 Å². The summed E-state index contributed by atoms with van der Waals surface area (Å²) in [6, 6.07) is -4.02. The normalized spacial score (nSPS) is 15.3. The van der Waals surface area contributed by atoms with Gasteiger partial charge in [0.2, 0.25) is 17.7 Å². The number of aliphatic carboxylic acids is 1. The van der Waals surface area contributed by atoms with Crippen molar-refractivity contribution in [2.45, 2.75) is 37.6 Å². The molecule has 12 heteroatoms. The van der Waals surface area contributed by atoms with Crippen LogP contribution in [0.5, 0.6) is 0 Å². The van der Waals surface area contributed by atoms with Gasteiger partial charge in [-0.15, -0.1) is 0 Å². The van der Waals surface area contributed by atoms with Crippen molar-refractivity contribution in [3.8, 4) is 0 Å². The fourth-order valence-corrected chi connectivity index (χ4v) is 2.34. The van der Waals surface area contributed by atoms with E-state index in [1.807, 2.05) is 11.6 Å². The number of carboxylic acid groups (broad SMARTS) is 1. The smallest absolute Gasteiger partial charge is 0.328 e. The summed E-state index contributed by atoms with van der Waals surface area (Å²) in [5.41, 5.74) is 5.21. The van der Waals surface area contributed by atoms with E-state index in [2.05, 4.69) is 10.6 Å². The Hall–Kier alpha value is -1.89. The molecule has 150 valence electrons. The third-order valence-electron chi connectivity index (χ3n) is 3.31. The summed E-state index contributed by atoms with van der Waals surface area (Å²) in [5.74, 6) is -3.19. The van der Waals surface area contributed by atoms with E-state index in [0.29, 0.717) is 5.75 Å². The molecule has 8 N–H and O–H groups in total. The number of nitrogens with two attached hydrogens (primary N) is 1. The van der Waals surface area contributed by atoms with Crippen molar-refractivity contribution in [2.75, 3.05) is 25.2 Å². The van der Waals surface area contributed by atoms with Gasteiger partial charge in [-0.3, -0.25) is 14.4 Å². The quantitative estimate of drug-likeness (QED) is 0.177. The van der Waals surface area contributed by atoms with Crippen molar-refractivity contribution < 1.29 is 34.5 Å². The van der Waals surface area contributed by atoms with Gasteiger partial charge < -0.3 is 37.0 Å². The van der Waals surface area contributed by atoms with Gasteiger partial charge in [-0.1, -0.05) is 0 Å². The maximum Gasteiger partial charge on any atom is 0.328 e. The number of rotatable bonds is 12. The molecule has 0 saturated carbocycles. The monoisotopic (exact) mass is 394 g/mol. The Morgan fingerprint density at radius 1 is 1.08 bits per heavy atom. The average molecular weight is 394 g/mol. The Balaban J connectivity index is 5.12. The molecule has 0 spiro atoms. The molecule has 3 amide bonds. The van der Waals surface area contributed by atoms with Crippen LogP contribution in [0, 0.1) is 0 Å². The number of amides is 3. The van der Waals surface area contributed by atoms with Crippen LogP contribution in [0.4, 0.5) is 0 Å². The van der Waals surface area contributed by atoms with E-state index in [-0.39, 0.29) is 13.0 Å². The molecule has 0 fully saturated rings. The third kappa shape index (κ3) is 8.47. The highest BCUT2D eigenvalue weighted by atomic mass is 32.2. The summed E-state index contributed by atoms with van der Waals surface area (Å²) in [7, 11) is 0. The lowest BCUT2D eigenvalue weighted by Gasteiger charge is -2.25. The first kappa shape index (κ1) is 24.1. The summed E-state index contributed by atoms with van der Waals surface area (Å²) < 4.78 is 0. The number of hydrogen-bond acceptors (Lipinski definition) is 8. The molecule has 0 heterocycles. The molecule has 0 saturated heterocycles. The van der Waals surface area contributed by atoms with E-state index >= 15 is 0 Å². The molecular formula is C14H26N4O7S. The van der Waals surface area contributed by atoms with Crippen LogP contribution in [0.25, 0.3) is 0 Å². The summed E-state index contributed by atoms with van der Waals surface area (Å²) in [5, 5.41) is 34.3. The summed E-state index contributed by atoms with van der Waals surface area (Å²) in [6.07, 6.45) is 0.729. The largest absolute Gasteiger partial charge is 0.480 e. The van der Waals surface area contributed by atoms with Gasteiger partial charge in [0.1, 0.15) is 18.1 Å². The highest BCUT2D eigenvalue weighted by molar-refractivity contribution is 7.98. The number of nitrogens with one attached hydrogen (secondary N) is 3. The first-order valence-electron chi connectivity index (χ1n) is 7.78. The Bertz CT molecular complexity index is 504. The van der Waals surface area contributed by atoms with E-state index in [1.54, 1.807) is 0 Å². The molecule has 11 nitrogen and oxygen atoms in total. The molecule has 0 aromatic rings. The zero-order valence-electron chi connectivity index (χ0n) is 14.6. The van der Waals surface area contributed by atoms with E-state index in [4.69, 9.17) is 15.9 Å². The number of aliphatic hydroxyl groups is 2.